The van der Waals surface area contributed by atoms with Gasteiger partial charge in [-0.05, 0) is 62.7 Å². The number of nitrogens with zero attached hydrogens (tertiary/aromatic N) is 2. The highest BCUT2D eigenvalue weighted by atomic mass is 79.9. The van der Waals surface area contributed by atoms with Gasteiger partial charge in [0.15, 0.2) is 0 Å². The molecule has 2 heterocycles. The molecule has 4 amide bonds. The number of carbonyl (C=O) groups excluding carboxylic acids is 3. The number of morpholine rings is 1. The van der Waals surface area contributed by atoms with Gasteiger partial charge < -0.3 is 15.4 Å². The number of amides is 4. The second-order valence-electron chi connectivity index (χ2n) is 9.11. The van der Waals surface area contributed by atoms with E-state index < -0.39 is 40.0 Å². The molecule has 0 spiro atoms. The van der Waals surface area contributed by atoms with Gasteiger partial charge in [-0.15, -0.1) is 0 Å². The third-order valence-electron chi connectivity index (χ3n) is 6.16. The number of hydrogen-bond acceptors (Lipinski definition) is 6. The Hall–Kier alpha value is -2.80. The maximum atomic E-state index is 13.0. The standard InChI is InChI=1S/C24H27BrN4O6S/c1-15-12-28(13-16(2)35-15)36(33,34)20-10-8-19(9-11-20)26-21(30)14-29-22(31)24(3,27-23(29)32)17-4-6-18(25)7-5-17/h4-11,15-16H,12-14H2,1-3H3,(H,26,30)(H,27,32)/t15-,16-,24+/m1/s1. The Bertz CT molecular complexity index is 1270. The fourth-order valence-electron chi connectivity index (χ4n) is 4.35. The maximum absolute atomic E-state index is 13.0. The van der Waals surface area contributed by atoms with E-state index in [4.69, 9.17) is 4.74 Å². The number of ether oxygens (including phenoxy) is 1. The van der Waals surface area contributed by atoms with E-state index in [0.717, 1.165) is 9.37 Å². The molecule has 12 heteroatoms. The van der Waals surface area contributed by atoms with E-state index in [0.29, 0.717) is 11.3 Å². The van der Waals surface area contributed by atoms with Gasteiger partial charge in [0.05, 0.1) is 17.1 Å². The summed E-state index contributed by atoms with van der Waals surface area (Å²) >= 11 is 3.34. The number of hydrogen-bond donors (Lipinski definition) is 2. The minimum Gasteiger partial charge on any atom is -0.373 e. The number of halogens is 1. The molecular weight excluding hydrogens is 552 g/mol. The number of nitrogens with one attached hydrogen (secondary N) is 2. The van der Waals surface area contributed by atoms with Gasteiger partial charge in [-0.2, -0.15) is 4.31 Å². The Labute approximate surface area is 218 Å². The molecule has 2 aromatic carbocycles. The minimum atomic E-state index is -3.72. The molecule has 2 saturated heterocycles. The largest absolute Gasteiger partial charge is 0.373 e. The van der Waals surface area contributed by atoms with E-state index >= 15 is 0 Å². The number of benzene rings is 2. The van der Waals surface area contributed by atoms with Crippen LogP contribution < -0.4 is 10.6 Å². The van der Waals surface area contributed by atoms with Crippen LogP contribution in [0.15, 0.2) is 57.9 Å². The molecule has 0 bridgehead atoms. The molecule has 2 aromatic rings. The van der Waals surface area contributed by atoms with Crippen molar-refractivity contribution in [3.8, 4) is 0 Å². The summed E-state index contributed by atoms with van der Waals surface area (Å²) < 4.78 is 33.8. The van der Waals surface area contributed by atoms with Crippen LogP contribution in [0.3, 0.4) is 0 Å². The monoisotopic (exact) mass is 578 g/mol. The first-order valence-corrected chi connectivity index (χ1v) is 13.6. The van der Waals surface area contributed by atoms with Gasteiger partial charge in [-0.1, -0.05) is 28.1 Å². The zero-order chi connectivity index (χ0) is 26.3. The summed E-state index contributed by atoms with van der Waals surface area (Å²) in [7, 11) is -3.72. The van der Waals surface area contributed by atoms with Gasteiger partial charge in [0.1, 0.15) is 12.1 Å². The van der Waals surface area contributed by atoms with Crippen LogP contribution in [-0.4, -0.2) is 67.3 Å². The molecule has 3 atom stereocenters. The Morgan fingerprint density at radius 2 is 1.67 bits per heavy atom. The van der Waals surface area contributed by atoms with Crippen molar-refractivity contribution in [3.05, 3.63) is 58.6 Å². The molecule has 10 nitrogen and oxygen atoms in total. The molecule has 36 heavy (non-hydrogen) atoms. The molecule has 0 unspecified atom stereocenters. The zero-order valence-electron chi connectivity index (χ0n) is 20.0. The van der Waals surface area contributed by atoms with Gasteiger partial charge in [0, 0.05) is 23.2 Å². The topological polar surface area (TPSA) is 125 Å². The number of rotatable bonds is 6. The number of imide groups is 1. The Balaban J connectivity index is 1.41. The second kappa shape index (κ2) is 9.92. The molecule has 2 aliphatic rings. The lowest BCUT2D eigenvalue weighted by Crippen LogP contribution is -2.48. The number of urea groups is 1. The lowest BCUT2D eigenvalue weighted by Gasteiger charge is -2.34. The summed E-state index contributed by atoms with van der Waals surface area (Å²) in [5.41, 5.74) is -0.360. The van der Waals surface area contributed by atoms with E-state index in [9.17, 15) is 22.8 Å². The van der Waals surface area contributed by atoms with Gasteiger partial charge >= 0.3 is 6.03 Å². The van der Waals surface area contributed by atoms with Crippen LogP contribution in [0, 0.1) is 0 Å². The summed E-state index contributed by atoms with van der Waals surface area (Å²) in [6, 6.07) is 12.1. The summed E-state index contributed by atoms with van der Waals surface area (Å²) in [6.45, 7) is 5.27. The number of sulfonamides is 1. The van der Waals surface area contributed by atoms with Crippen LogP contribution >= 0.6 is 15.9 Å². The lowest BCUT2D eigenvalue weighted by atomic mass is 9.92. The van der Waals surface area contributed by atoms with Crippen molar-refractivity contribution >= 4 is 49.5 Å². The molecule has 0 aromatic heterocycles. The zero-order valence-corrected chi connectivity index (χ0v) is 22.4. The first-order chi connectivity index (χ1) is 16.9. The fraction of sp³-hybridized carbons (Fsp3) is 0.375. The van der Waals surface area contributed by atoms with E-state index in [1.807, 2.05) is 13.8 Å². The van der Waals surface area contributed by atoms with E-state index in [2.05, 4.69) is 26.6 Å². The lowest BCUT2D eigenvalue weighted by molar-refractivity contribution is -0.133. The number of anilines is 1. The average Bonchev–Trinajstić information content (AvgIpc) is 3.03. The van der Waals surface area contributed by atoms with Crippen LogP contribution in [-0.2, 0) is 29.9 Å². The average molecular weight is 579 g/mol. The normalized spacial score (nSPS) is 25.1. The van der Waals surface area contributed by atoms with Gasteiger partial charge in [-0.3, -0.25) is 14.5 Å². The Morgan fingerprint density at radius 1 is 1.08 bits per heavy atom. The summed E-state index contributed by atoms with van der Waals surface area (Å²) in [6.07, 6.45) is -0.420. The third-order valence-corrected chi connectivity index (χ3v) is 8.53. The van der Waals surface area contributed by atoms with Crippen molar-refractivity contribution < 1.29 is 27.5 Å². The Morgan fingerprint density at radius 3 is 2.25 bits per heavy atom. The SMILES string of the molecule is C[C@@H]1CN(S(=O)(=O)c2ccc(NC(=O)CN3C(=O)N[C@@](C)(c4ccc(Br)cc4)C3=O)cc2)C[C@@H](C)O1. The molecule has 192 valence electrons. The van der Waals surface area contributed by atoms with Gasteiger partial charge in [0.25, 0.3) is 5.91 Å². The molecule has 0 aliphatic carbocycles. The third kappa shape index (κ3) is 5.17. The van der Waals surface area contributed by atoms with Crippen molar-refractivity contribution in [2.24, 2.45) is 0 Å². The van der Waals surface area contributed by atoms with Gasteiger partial charge in [0.2, 0.25) is 15.9 Å². The first kappa shape index (κ1) is 26.3. The number of carbonyl (C=O) groups is 3. The van der Waals surface area contributed by atoms with Gasteiger partial charge in [-0.25, -0.2) is 13.2 Å². The highest BCUT2D eigenvalue weighted by Crippen LogP contribution is 2.30. The van der Waals surface area contributed by atoms with E-state index in [1.54, 1.807) is 31.2 Å². The van der Waals surface area contributed by atoms with Crippen LogP contribution in [0.4, 0.5) is 10.5 Å². The molecular formula is C24H27BrN4O6S. The van der Waals surface area contributed by atoms with Crippen LogP contribution in [0.2, 0.25) is 0 Å². The van der Waals surface area contributed by atoms with Crippen LogP contribution in [0.1, 0.15) is 26.3 Å². The highest BCUT2D eigenvalue weighted by Gasteiger charge is 2.49. The van der Waals surface area contributed by atoms with Crippen LogP contribution in [0.5, 0.6) is 0 Å². The fourth-order valence-corrected chi connectivity index (χ4v) is 6.20. The molecule has 0 radical (unpaired) electrons. The first-order valence-electron chi connectivity index (χ1n) is 11.4. The van der Waals surface area contributed by atoms with Crippen molar-refractivity contribution in [1.29, 1.82) is 0 Å². The summed E-state index contributed by atoms with van der Waals surface area (Å²) in [4.78, 5) is 39.1. The maximum Gasteiger partial charge on any atom is 0.325 e. The van der Waals surface area contributed by atoms with E-state index in [1.165, 1.54) is 28.6 Å². The minimum absolute atomic E-state index is 0.0983. The van der Waals surface area contributed by atoms with Crippen molar-refractivity contribution in [2.75, 3.05) is 25.0 Å². The van der Waals surface area contributed by atoms with Crippen molar-refractivity contribution in [2.45, 2.75) is 43.4 Å². The quantitative estimate of drug-likeness (QED) is 0.508. The van der Waals surface area contributed by atoms with Crippen molar-refractivity contribution in [3.63, 3.8) is 0 Å². The highest BCUT2D eigenvalue weighted by molar-refractivity contribution is 9.10. The smallest absolute Gasteiger partial charge is 0.325 e. The molecule has 0 saturated carbocycles. The molecule has 4 rings (SSSR count). The summed E-state index contributed by atoms with van der Waals surface area (Å²) in [5.74, 6) is -1.13. The van der Waals surface area contributed by atoms with Crippen molar-refractivity contribution in [1.82, 2.24) is 14.5 Å². The second-order valence-corrected chi connectivity index (χ2v) is 12.0. The molecule has 2 N–H and O–H groups in total. The summed E-state index contributed by atoms with van der Waals surface area (Å²) in [5, 5.41) is 5.27. The Kier molecular flexibility index (Phi) is 7.24. The molecule has 2 aliphatic heterocycles. The molecule has 2 fully saturated rings. The predicted octanol–water partition coefficient (Wildman–Crippen LogP) is 2.65. The predicted molar refractivity (Wildman–Crippen MR) is 136 cm³/mol. The van der Waals surface area contributed by atoms with Crippen LogP contribution in [0.25, 0.3) is 0 Å². The van der Waals surface area contributed by atoms with E-state index in [-0.39, 0.29) is 30.2 Å².